The van der Waals surface area contributed by atoms with Crippen LogP contribution in [0.4, 0.5) is 22.9 Å². The van der Waals surface area contributed by atoms with Crippen molar-refractivity contribution >= 4 is 55.6 Å². The Morgan fingerprint density at radius 3 is 2.28 bits per heavy atom. The lowest BCUT2D eigenvalue weighted by molar-refractivity contribution is -0.384. The van der Waals surface area contributed by atoms with Crippen LogP contribution in [0.5, 0.6) is 0 Å². The normalized spacial score (nSPS) is 16.3. The molecule has 0 amide bonds. The van der Waals surface area contributed by atoms with Gasteiger partial charge in [0.15, 0.2) is 5.82 Å². The van der Waals surface area contributed by atoms with Crippen LogP contribution in [0, 0.1) is 10.1 Å². The minimum absolute atomic E-state index is 0.0957. The van der Waals surface area contributed by atoms with Crippen molar-refractivity contribution in [2.75, 3.05) is 40.9 Å². The summed E-state index contributed by atoms with van der Waals surface area (Å²) in [6, 6.07) is 38.8. The van der Waals surface area contributed by atoms with E-state index in [1.54, 1.807) is 18.9 Å². The molecule has 298 valence electrons. The summed E-state index contributed by atoms with van der Waals surface area (Å²) in [7, 11) is -2.46. The van der Waals surface area contributed by atoms with Crippen LogP contribution in [0.25, 0.3) is 22.0 Å². The number of rotatable bonds is 14. The second-order valence-electron chi connectivity index (χ2n) is 15.3. The highest BCUT2D eigenvalue weighted by Crippen LogP contribution is 2.41. The molecule has 2 heterocycles. The van der Waals surface area contributed by atoms with Crippen LogP contribution >= 0.6 is 11.8 Å². The van der Waals surface area contributed by atoms with Crippen molar-refractivity contribution in [2.45, 2.75) is 65.9 Å². The summed E-state index contributed by atoms with van der Waals surface area (Å²) in [5, 5.41) is 16.4. The number of piperidine rings is 1. The van der Waals surface area contributed by atoms with Crippen LogP contribution in [0.3, 0.4) is 0 Å². The van der Waals surface area contributed by atoms with Gasteiger partial charge in [-0.2, -0.15) is 0 Å². The van der Waals surface area contributed by atoms with Crippen molar-refractivity contribution in [1.82, 2.24) is 9.97 Å². The Morgan fingerprint density at radius 1 is 0.845 bits per heavy atom. The van der Waals surface area contributed by atoms with Gasteiger partial charge in [0.2, 0.25) is 0 Å². The van der Waals surface area contributed by atoms with Crippen molar-refractivity contribution in [3.63, 3.8) is 0 Å². The molecule has 1 aromatic heterocycles. The smallest absolute Gasteiger partial charge is 0.293 e. The summed E-state index contributed by atoms with van der Waals surface area (Å²) in [6.45, 7) is 1.54. The standard InChI is InChI=1S/C45H46N6O5S2/c1-56-45(30-34-14-8-9-17-38(34)33-12-4-2-5-13-33)24-26-50(27-25-45)35-18-20-39-41(28-35)46-32-47-43(39)49-58(54,55)37-19-21-40(42(29-37)51(52)53)48-44(22-10-11-23-44)31-57-36-15-6-3-7-16-36/h2-9,12-21,28-29,32,48H,10-11,22-27,30-31H2,1H3,(H,46,47,49). The quantitative estimate of drug-likeness (QED) is 0.0621. The van der Waals surface area contributed by atoms with E-state index in [2.05, 4.69) is 85.6 Å². The molecule has 0 spiro atoms. The molecular weight excluding hydrogens is 769 g/mol. The zero-order chi connectivity index (χ0) is 40.2. The van der Waals surface area contributed by atoms with Crippen LogP contribution in [-0.4, -0.2) is 60.4 Å². The van der Waals surface area contributed by atoms with Gasteiger partial charge in [0, 0.05) is 59.9 Å². The molecule has 13 heteroatoms. The van der Waals surface area contributed by atoms with Gasteiger partial charge in [-0.1, -0.05) is 85.6 Å². The lowest BCUT2D eigenvalue weighted by atomic mass is 9.82. The van der Waals surface area contributed by atoms with Crippen molar-refractivity contribution in [3.05, 3.63) is 143 Å². The molecule has 2 fully saturated rings. The first-order valence-corrected chi connectivity index (χ1v) is 22.1. The Kier molecular flexibility index (Phi) is 11.4. The predicted molar refractivity (Wildman–Crippen MR) is 232 cm³/mol. The fraction of sp³-hybridized carbons (Fsp3) is 0.289. The van der Waals surface area contributed by atoms with Crippen molar-refractivity contribution < 1.29 is 18.1 Å². The molecule has 0 unspecified atom stereocenters. The molecule has 6 aromatic rings. The summed E-state index contributed by atoms with van der Waals surface area (Å²) >= 11 is 1.71. The van der Waals surface area contributed by atoms with Gasteiger partial charge in [0.05, 0.1) is 20.9 Å². The number of methoxy groups -OCH3 is 1. The van der Waals surface area contributed by atoms with Crippen molar-refractivity contribution in [3.8, 4) is 11.1 Å². The lowest BCUT2D eigenvalue weighted by Crippen LogP contribution is -2.47. The first-order chi connectivity index (χ1) is 28.1. The van der Waals surface area contributed by atoms with Crippen molar-refractivity contribution in [2.24, 2.45) is 0 Å². The van der Waals surface area contributed by atoms with E-state index in [4.69, 9.17) is 4.74 Å². The molecule has 1 aliphatic heterocycles. The third-order valence-corrected chi connectivity index (χ3v) is 14.3. The molecule has 1 saturated carbocycles. The summed E-state index contributed by atoms with van der Waals surface area (Å²) < 4.78 is 36.4. The zero-order valence-electron chi connectivity index (χ0n) is 32.3. The van der Waals surface area contributed by atoms with E-state index in [-0.39, 0.29) is 27.5 Å². The lowest BCUT2D eigenvalue weighted by Gasteiger charge is -2.42. The van der Waals surface area contributed by atoms with Gasteiger partial charge in [-0.3, -0.25) is 14.8 Å². The number of thioether (sulfide) groups is 1. The minimum atomic E-state index is -4.26. The largest absolute Gasteiger partial charge is 0.378 e. The molecule has 0 atom stereocenters. The average Bonchev–Trinajstić information content (AvgIpc) is 3.72. The monoisotopic (exact) mass is 814 g/mol. The molecule has 8 rings (SSSR count). The van der Waals surface area contributed by atoms with E-state index >= 15 is 0 Å². The Balaban J connectivity index is 0.967. The summed E-state index contributed by atoms with van der Waals surface area (Å²) in [5.74, 6) is 0.826. The van der Waals surface area contributed by atoms with Gasteiger partial charge in [-0.15, -0.1) is 11.8 Å². The fourth-order valence-corrected chi connectivity index (χ4v) is 10.6. The first-order valence-electron chi connectivity index (χ1n) is 19.6. The van der Waals surface area contributed by atoms with Crippen LogP contribution in [0.1, 0.15) is 44.1 Å². The van der Waals surface area contributed by atoms with Gasteiger partial charge < -0.3 is 15.0 Å². The summed E-state index contributed by atoms with van der Waals surface area (Å²) in [5.41, 5.74) is 4.56. The molecule has 1 aliphatic carbocycles. The van der Waals surface area contributed by atoms with Gasteiger partial charge >= 0.3 is 0 Å². The van der Waals surface area contributed by atoms with Crippen LogP contribution < -0.4 is 14.9 Å². The molecule has 0 radical (unpaired) electrons. The number of aromatic nitrogens is 2. The second kappa shape index (κ2) is 16.8. The topological polar surface area (TPSA) is 140 Å². The average molecular weight is 815 g/mol. The maximum absolute atomic E-state index is 13.8. The van der Waals surface area contributed by atoms with E-state index in [1.807, 2.05) is 42.5 Å². The second-order valence-corrected chi connectivity index (χ2v) is 18.0. The molecule has 11 nitrogen and oxygen atoms in total. The number of fused-ring (bicyclic) bond motifs is 1. The van der Waals surface area contributed by atoms with E-state index < -0.39 is 14.9 Å². The molecule has 2 N–H and O–H groups in total. The molecule has 1 saturated heterocycles. The Hall–Kier alpha value is -5.50. The number of hydrogen-bond acceptors (Lipinski definition) is 10. The Labute approximate surface area is 343 Å². The van der Waals surface area contributed by atoms with Crippen molar-refractivity contribution in [1.29, 1.82) is 0 Å². The SMILES string of the molecule is COC1(Cc2ccccc2-c2ccccc2)CCN(c2ccc3c(NS(=O)(=O)c4ccc(NC5(CSc6ccccc6)CCCC5)c([N+](=O)[O-])c4)ncnc3c2)CC1. The van der Waals surface area contributed by atoms with E-state index in [1.165, 1.54) is 35.2 Å². The third kappa shape index (κ3) is 8.52. The molecule has 5 aromatic carbocycles. The van der Waals surface area contributed by atoms with E-state index in [9.17, 15) is 18.5 Å². The van der Waals surface area contributed by atoms with Crippen LogP contribution in [-0.2, 0) is 21.2 Å². The fourth-order valence-electron chi connectivity index (χ4n) is 8.37. The number of nitro benzene ring substituents is 1. The van der Waals surface area contributed by atoms with Gasteiger partial charge in [0.1, 0.15) is 12.0 Å². The maximum Gasteiger partial charge on any atom is 0.293 e. The number of hydrogen-bond donors (Lipinski definition) is 2. The highest BCUT2D eigenvalue weighted by Gasteiger charge is 2.37. The number of nitrogens with zero attached hydrogens (tertiary/aromatic N) is 4. The zero-order valence-corrected chi connectivity index (χ0v) is 34.0. The number of nitro groups is 1. The Bertz CT molecular complexity index is 2510. The predicted octanol–water partition coefficient (Wildman–Crippen LogP) is 9.75. The molecule has 2 aliphatic rings. The van der Waals surface area contributed by atoms with Gasteiger partial charge in [0.25, 0.3) is 15.7 Å². The third-order valence-electron chi connectivity index (χ3n) is 11.6. The minimum Gasteiger partial charge on any atom is -0.378 e. The van der Waals surface area contributed by atoms with Crippen LogP contribution in [0.15, 0.2) is 137 Å². The number of anilines is 3. The summed E-state index contributed by atoms with van der Waals surface area (Å²) in [4.78, 5) is 23.8. The maximum atomic E-state index is 13.8. The summed E-state index contributed by atoms with van der Waals surface area (Å²) in [6.07, 6.45) is 7.53. The molecule has 0 bridgehead atoms. The highest BCUT2D eigenvalue weighted by molar-refractivity contribution is 7.99. The number of benzene rings is 5. The van der Waals surface area contributed by atoms with Crippen LogP contribution in [0.2, 0.25) is 0 Å². The number of ether oxygens (including phenoxy) is 1. The van der Waals surface area contributed by atoms with E-state index in [0.29, 0.717) is 16.6 Å². The van der Waals surface area contributed by atoms with Gasteiger partial charge in [-0.05, 0) is 84.8 Å². The first kappa shape index (κ1) is 39.3. The van der Waals surface area contributed by atoms with E-state index in [0.717, 1.165) is 80.4 Å². The molecular formula is C45H46N6O5S2. The highest BCUT2D eigenvalue weighted by atomic mass is 32.2. The Morgan fingerprint density at radius 2 is 1.55 bits per heavy atom. The number of nitrogens with one attached hydrogen (secondary N) is 2. The number of sulfonamides is 1. The van der Waals surface area contributed by atoms with Gasteiger partial charge in [-0.25, -0.2) is 18.4 Å². The molecule has 58 heavy (non-hydrogen) atoms.